The number of rotatable bonds is 4. The molecular formula is C18H15NO2S. The molecule has 0 saturated heterocycles. The maximum Gasteiger partial charge on any atom is 0.195 e. The second-order valence-corrected chi connectivity index (χ2v) is 5.80. The molecule has 22 heavy (non-hydrogen) atoms. The summed E-state index contributed by atoms with van der Waals surface area (Å²) in [5.41, 5.74) is 1.86. The Bertz CT molecular complexity index is 751. The lowest BCUT2D eigenvalue weighted by Gasteiger charge is -2.06. The average molecular weight is 309 g/mol. The lowest BCUT2D eigenvalue weighted by Crippen LogP contribution is -1.92. The number of hydrogen-bond acceptors (Lipinski definition) is 4. The van der Waals surface area contributed by atoms with Crippen LogP contribution in [0.5, 0.6) is 5.75 Å². The standard InChI is InChI=1S/C18H15NO2S/c1-21-16-10-6-5-7-13(16)11-17-15(20)12-18(22-17)19-14-8-3-2-4-9-14/h2-12,19H,1H3/b17-11-. The third-order valence-electron chi connectivity index (χ3n) is 3.19. The van der Waals surface area contributed by atoms with Crippen LogP contribution in [0.2, 0.25) is 0 Å². The van der Waals surface area contributed by atoms with Crippen LogP contribution < -0.4 is 10.1 Å². The van der Waals surface area contributed by atoms with E-state index in [1.54, 1.807) is 13.2 Å². The number of carbonyl (C=O) groups excluding carboxylic acids is 1. The highest BCUT2D eigenvalue weighted by Crippen LogP contribution is 2.36. The summed E-state index contributed by atoms with van der Waals surface area (Å²) in [6, 6.07) is 17.4. The molecule has 0 aliphatic carbocycles. The first-order valence-corrected chi connectivity index (χ1v) is 7.68. The molecule has 4 heteroatoms. The first-order chi connectivity index (χ1) is 10.8. The Balaban J connectivity index is 1.78. The molecule has 0 amide bonds. The number of nitrogens with one attached hydrogen (secondary N) is 1. The molecule has 0 bridgehead atoms. The van der Waals surface area contributed by atoms with Crippen molar-refractivity contribution in [2.75, 3.05) is 12.4 Å². The summed E-state index contributed by atoms with van der Waals surface area (Å²) in [6.07, 6.45) is 3.49. The molecule has 3 rings (SSSR count). The molecule has 0 unspecified atom stereocenters. The van der Waals surface area contributed by atoms with E-state index in [0.717, 1.165) is 22.0 Å². The van der Waals surface area contributed by atoms with E-state index in [1.807, 2.05) is 60.7 Å². The molecular weight excluding hydrogens is 294 g/mol. The third-order valence-corrected chi connectivity index (χ3v) is 4.17. The maximum atomic E-state index is 12.1. The molecule has 2 aromatic carbocycles. The maximum absolute atomic E-state index is 12.1. The van der Waals surface area contributed by atoms with Crippen LogP contribution in [0.15, 0.2) is 70.6 Å². The Hall–Kier alpha value is -2.46. The molecule has 1 heterocycles. The second kappa shape index (κ2) is 6.54. The van der Waals surface area contributed by atoms with Gasteiger partial charge in [-0.25, -0.2) is 0 Å². The van der Waals surface area contributed by atoms with Crippen LogP contribution in [0.4, 0.5) is 5.69 Å². The van der Waals surface area contributed by atoms with E-state index >= 15 is 0 Å². The van der Waals surface area contributed by atoms with E-state index in [0.29, 0.717) is 4.91 Å². The number of hydrogen-bond donors (Lipinski definition) is 1. The SMILES string of the molecule is COc1ccccc1/C=C1\SC(Nc2ccccc2)=CC1=O. The quantitative estimate of drug-likeness (QED) is 0.854. The molecule has 1 aliphatic rings. The Kier molecular flexibility index (Phi) is 4.30. The Morgan fingerprint density at radius 2 is 1.77 bits per heavy atom. The zero-order valence-corrected chi connectivity index (χ0v) is 12.9. The summed E-state index contributed by atoms with van der Waals surface area (Å²) in [7, 11) is 1.63. The van der Waals surface area contributed by atoms with Gasteiger partial charge in [-0.3, -0.25) is 4.79 Å². The Labute approximate surface area is 133 Å². The molecule has 0 aromatic heterocycles. The number of allylic oxidation sites excluding steroid dienone is 2. The van der Waals surface area contributed by atoms with Gasteiger partial charge in [0.25, 0.3) is 0 Å². The summed E-state index contributed by atoms with van der Waals surface area (Å²) in [4.78, 5) is 12.8. The summed E-state index contributed by atoms with van der Waals surface area (Å²) < 4.78 is 5.32. The van der Waals surface area contributed by atoms with Crippen molar-refractivity contribution in [1.29, 1.82) is 0 Å². The highest BCUT2D eigenvalue weighted by atomic mass is 32.2. The molecule has 0 atom stereocenters. The Morgan fingerprint density at radius 3 is 2.55 bits per heavy atom. The first-order valence-electron chi connectivity index (χ1n) is 6.87. The number of carbonyl (C=O) groups is 1. The number of anilines is 1. The predicted octanol–water partition coefficient (Wildman–Crippen LogP) is 4.31. The van der Waals surface area contributed by atoms with E-state index < -0.39 is 0 Å². The van der Waals surface area contributed by atoms with Gasteiger partial charge in [-0.1, -0.05) is 48.2 Å². The zero-order valence-electron chi connectivity index (χ0n) is 12.1. The number of benzene rings is 2. The van der Waals surface area contributed by atoms with Crippen LogP contribution in [0.25, 0.3) is 6.08 Å². The van der Waals surface area contributed by atoms with Crippen LogP contribution in [-0.4, -0.2) is 12.9 Å². The minimum Gasteiger partial charge on any atom is -0.496 e. The van der Waals surface area contributed by atoms with Crippen LogP contribution in [0, 0.1) is 0 Å². The number of thioether (sulfide) groups is 1. The van der Waals surface area contributed by atoms with E-state index in [4.69, 9.17) is 4.74 Å². The molecule has 1 N–H and O–H groups in total. The van der Waals surface area contributed by atoms with Gasteiger partial charge in [-0.2, -0.15) is 0 Å². The van der Waals surface area contributed by atoms with Gasteiger partial charge in [0.2, 0.25) is 0 Å². The van der Waals surface area contributed by atoms with Crippen molar-refractivity contribution in [2.24, 2.45) is 0 Å². The van der Waals surface area contributed by atoms with Crippen molar-refractivity contribution < 1.29 is 9.53 Å². The van der Waals surface area contributed by atoms with Crippen molar-refractivity contribution in [2.45, 2.75) is 0 Å². The first kappa shape index (κ1) is 14.5. The molecule has 0 saturated carbocycles. The molecule has 3 nitrogen and oxygen atoms in total. The highest BCUT2D eigenvalue weighted by Gasteiger charge is 2.20. The zero-order chi connectivity index (χ0) is 15.4. The third kappa shape index (κ3) is 3.23. The number of para-hydroxylation sites is 2. The van der Waals surface area contributed by atoms with Gasteiger partial charge in [0, 0.05) is 17.3 Å². The van der Waals surface area contributed by atoms with Gasteiger partial charge in [0.15, 0.2) is 5.78 Å². The van der Waals surface area contributed by atoms with Crippen molar-refractivity contribution in [3.8, 4) is 5.75 Å². The summed E-state index contributed by atoms with van der Waals surface area (Å²) in [5.74, 6) is 0.766. The van der Waals surface area contributed by atoms with Gasteiger partial charge in [-0.15, -0.1) is 0 Å². The molecule has 110 valence electrons. The predicted molar refractivity (Wildman–Crippen MR) is 91.7 cm³/mol. The number of methoxy groups -OCH3 is 1. The molecule has 1 aliphatic heterocycles. The van der Waals surface area contributed by atoms with Crippen LogP contribution in [-0.2, 0) is 4.79 Å². The van der Waals surface area contributed by atoms with Gasteiger partial charge >= 0.3 is 0 Å². The normalized spacial score (nSPS) is 15.8. The Morgan fingerprint density at radius 1 is 1.05 bits per heavy atom. The topological polar surface area (TPSA) is 38.3 Å². The molecule has 0 fully saturated rings. The van der Waals surface area contributed by atoms with Gasteiger partial charge in [0.05, 0.1) is 17.0 Å². The van der Waals surface area contributed by atoms with Crippen molar-refractivity contribution in [1.82, 2.24) is 0 Å². The summed E-state index contributed by atoms with van der Waals surface area (Å²) in [6.45, 7) is 0. The lowest BCUT2D eigenvalue weighted by molar-refractivity contribution is -0.110. The summed E-state index contributed by atoms with van der Waals surface area (Å²) in [5, 5.41) is 4.08. The van der Waals surface area contributed by atoms with Crippen molar-refractivity contribution >= 4 is 29.3 Å². The fourth-order valence-electron chi connectivity index (χ4n) is 2.14. The smallest absolute Gasteiger partial charge is 0.195 e. The van der Waals surface area contributed by atoms with Gasteiger partial charge < -0.3 is 10.1 Å². The fraction of sp³-hybridized carbons (Fsp3) is 0.0556. The van der Waals surface area contributed by atoms with Crippen LogP contribution in [0.3, 0.4) is 0 Å². The van der Waals surface area contributed by atoms with Crippen molar-refractivity contribution in [3.63, 3.8) is 0 Å². The van der Waals surface area contributed by atoms with Gasteiger partial charge in [0.1, 0.15) is 5.75 Å². The summed E-state index contributed by atoms with van der Waals surface area (Å²) >= 11 is 1.43. The monoisotopic (exact) mass is 309 g/mol. The number of ether oxygens (including phenoxy) is 1. The lowest BCUT2D eigenvalue weighted by atomic mass is 10.1. The average Bonchev–Trinajstić information content (AvgIpc) is 2.88. The van der Waals surface area contributed by atoms with Crippen LogP contribution >= 0.6 is 11.8 Å². The van der Waals surface area contributed by atoms with Crippen molar-refractivity contribution in [3.05, 3.63) is 76.2 Å². The second-order valence-electron chi connectivity index (χ2n) is 4.72. The number of ketones is 1. The fourth-order valence-corrected chi connectivity index (χ4v) is 3.06. The van der Waals surface area contributed by atoms with E-state index in [9.17, 15) is 4.79 Å². The van der Waals surface area contributed by atoms with Crippen LogP contribution in [0.1, 0.15) is 5.56 Å². The largest absolute Gasteiger partial charge is 0.496 e. The van der Waals surface area contributed by atoms with E-state index in [2.05, 4.69) is 5.32 Å². The molecule has 0 spiro atoms. The molecule has 2 aromatic rings. The minimum absolute atomic E-state index is 0.00865. The van der Waals surface area contributed by atoms with E-state index in [1.165, 1.54) is 11.8 Å². The van der Waals surface area contributed by atoms with Gasteiger partial charge in [-0.05, 0) is 24.3 Å². The minimum atomic E-state index is 0.00865. The molecule has 0 radical (unpaired) electrons. The highest BCUT2D eigenvalue weighted by molar-refractivity contribution is 8.08. The van der Waals surface area contributed by atoms with E-state index in [-0.39, 0.29) is 5.78 Å².